The van der Waals surface area contributed by atoms with Crippen molar-refractivity contribution < 1.29 is 9.59 Å². The van der Waals surface area contributed by atoms with Crippen LogP contribution in [0.1, 0.15) is 48.9 Å². The normalized spacial score (nSPS) is 22.1. The van der Waals surface area contributed by atoms with Crippen molar-refractivity contribution in [3.05, 3.63) is 34.9 Å². The van der Waals surface area contributed by atoms with Crippen molar-refractivity contribution in [3.8, 4) is 0 Å². The molecule has 1 aliphatic carbocycles. The molecule has 2 fully saturated rings. The summed E-state index contributed by atoms with van der Waals surface area (Å²) >= 11 is 5.87. The number of benzene rings is 1. The van der Waals surface area contributed by atoms with E-state index in [9.17, 15) is 9.59 Å². The van der Waals surface area contributed by atoms with Gasteiger partial charge in [0.15, 0.2) is 0 Å². The predicted octanol–water partition coefficient (Wildman–Crippen LogP) is 3.25. The van der Waals surface area contributed by atoms with Crippen molar-refractivity contribution in [1.29, 1.82) is 0 Å². The average Bonchev–Trinajstić information content (AvgIpc) is 3.08. The maximum atomic E-state index is 12.6. The molecule has 1 atom stereocenters. The first kappa shape index (κ1) is 16.3. The van der Waals surface area contributed by atoms with Crippen molar-refractivity contribution in [3.63, 3.8) is 0 Å². The van der Waals surface area contributed by atoms with E-state index in [0.29, 0.717) is 29.7 Å². The highest BCUT2D eigenvalue weighted by atomic mass is 35.5. The summed E-state index contributed by atoms with van der Waals surface area (Å²) in [5.41, 5.74) is 0.631. The Balaban J connectivity index is 1.59. The van der Waals surface area contributed by atoms with E-state index >= 15 is 0 Å². The van der Waals surface area contributed by atoms with Gasteiger partial charge in [-0.1, -0.05) is 24.4 Å². The smallest absolute Gasteiger partial charge is 0.253 e. The van der Waals surface area contributed by atoms with E-state index in [0.717, 1.165) is 25.7 Å². The number of carbonyl (C=O) groups is 2. The first-order valence-electron chi connectivity index (χ1n) is 8.49. The summed E-state index contributed by atoms with van der Waals surface area (Å²) in [6, 6.07) is 7.27. The third-order valence-corrected chi connectivity index (χ3v) is 5.12. The average molecular weight is 335 g/mol. The molecule has 0 spiro atoms. The molecule has 0 bridgehead atoms. The van der Waals surface area contributed by atoms with Crippen molar-refractivity contribution in [2.45, 2.75) is 44.6 Å². The van der Waals surface area contributed by atoms with Crippen LogP contribution < -0.4 is 5.32 Å². The second kappa shape index (κ2) is 7.35. The molecule has 1 N–H and O–H groups in total. The van der Waals surface area contributed by atoms with Crippen LogP contribution in [-0.2, 0) is 4.79 Å². The fraction of sp³-hybridized carbons (Fsp3) is 0.556. The Morgan fingerprint density at radius 3 is 2.43 bits per heavy atom. The molecule has 2 amide bonds. The van der Waals surface area contributed by atoms with Gasteiger partial charge in [-0.25, -0.2) is 0 Å². The maximum absolute atomic E-state index is 12.6. The first-order chi connectivity index (χ1) is 11.1. The SMILES string of the molecule is O=C(NC1CCCC1)C1CCCN(C(=O)c2ccc(Cl)cc2)C1. The molecule has 1 saturated heterocycles. The van der Waals surface area contributed by atoms with Gasteiger partial charge in [-0.3, -0.25) is 9.59 Å². The third-order valence-electron chi connectivity index (χ3n) is 4.87. The molecule has 1 heterocycles. The lowest BCUT2D eigenvalue weighted by molar-refractivity contribution is -0.127. The lowest BCUT2D eigenvalue weighted by Crippen LogP contribution is -2.47. The molecule has 5 heteroatoms. The fourth-order valence-electron chi connectivity index (χ4n) is 3.54. The van der Waals surface area contributed by atoms with Crippen molar-refractivity contribution >= 4 is 23.4 Å². The molecular weight excluding hydrogens is 312 g/mol. The largest absolute Gasteiger partial charge is 0.353 e. The van der Waals surface area contributed by atoms with Gasteiger partial charge < -0.3 is 10.2 Å². The molecule has 0 radical (unpaired) electrons. The van der Waals surface area contributed by atoms with Gasteiger partial charge in [-0.05, 0) is 49.9 Å². The Morgan fingerprint density at radius 2 is 1.74 bits per heavy atom. The highest BCUT2D eigenvalue weighted by Crippen LogP contribution is 2.22. The fourth-order valence-corrected chi connectivity index (χ4v) is 3.67. The van der Waals surface area contributed by atoms with Crippen LogP contribution in [0.3, 0.4) is 0 Å². The quantitative estimate of drug-likeness (QED) is 0.922. The number of piperidine rings is 1. The lowest BCUT2D eigenvalue weighted by Gasteiger charge is -2.32. The molecule has 1 aromatic carbocycles. The van der Waals surface area contributed by atoms with E-state index in [1.807, 2.05) is 0 Å². The van der Waals surface area contributed by atoms with Gasteiger partial charge in [0, 0.05) is 29.7 Å². The maximum Gasteiger partial charge on any atom is 0.253 e. The van der Waals surface area contributed by atoms with Gasteiger partial charge in [0.2, 0.25) is 5.91 Å². The van der Waals surface area contributed by atoms with Crippen LogP contribution in [0, 0.1) is 5.92 Å². The number of halogens is 1. The second-order valence-corrected chi connectivity index (χ2v) is 7.02. The van der Waals surface area contributed by atoms with Gasteiger partial charge in [0.1, 0.15) is 0 Å². The molecule has 2 aliphatic rings. The molecule has 1 aromatic rings. The predicted molar refractivity (Wildman–Crippen MR) is 90.5 cm³/mol. The number of carbonyl (C=O) groups excluding carboxylic acids is 2. The van der Waals surface area contributed by atoms with Gasteiger partial charge in [0.05, 0.1) is 5.92 Å². The number of hydrogen-bond donors (Lipinski definition) is 1. The summed E-state index contributed by atoms with van der Waals surface area (Å²) in [6.45, 7) is 1.23. The van der Waals surface area contributed by atoms with E-state index in [1.165, 1.54) is 12.8 Å². The van der Waals surface area contributed by atoms with Crippen LogP contribution in [0.2, 0.25) is 5.02 Å². The Hall–Kier alpha value is -1.55. The first-order valence-corrected chi connectivity index (χ1v) is 8.86. The number of nitrogens with zero attached hydrogens (tertiary/aromatic N) is 1. The Bertz CT molecular complexity index is 567. The summed E-state index contributed by atoms with van der Waals surface area (Å²) in [6.07, 6.45) is 6.33. The molecule has 0 aromatic heterocycles. The van der Waals surface area contributed by atoms with Gasteiger partial charge in [-0.2, -0.15) is 0 Å². The molecule has 1 unspecified atom stereocenters. The van der Waals surface area contributed by atoms with Crippen LogP contribution in [-0.4, -0.2) is 35.8 Å². The molecule has 124 valence electrons. The summed E-state index contributed by atoms with van der Waals surface area (Å²) in [5.74, 6) is 0.0196. The Labute approximate surface area is 142 Å². The topological polar surface area (TPSA) is 49.4 Å². The standard InChI is InChI=1S/C18H23ClN2O2/c19-15-9-7-13(8-10-15)18(23)21-11-3-4-14(12-21)17(22)20-16-5-1-2-6-16/h7-10,14,16H,1-6,11-12H2,(H,20,22). The zero-order valence-corrected chi connectivity index (χ0v) is 14.0. The van der Waals surface area contributed by atoms with Gasteiger partial charge >= 0.3 is 0 Å². The van der Waals surface area contributed by atoms with Gasteiger partial charge in [0.25, 0.3) is 5.91 Å². The van der Waals surface area contributed by atoms with Crippen molar-refractivity contribution in [2.24, 2.45) is 5.92 Å². The van der Waals surface area contributed by atoms with E-state index in [-0.39, 0.29) is 17.7 Å². The van der Waals surface area contributed by atoms with Gasteiger partial charge in [-0.15, -0.1) is 0 Å². The third kappa shape index (κ3) is 4.05. The Kier molecular flexibility index (Phi) is 5.21. The van der Waals surface area contributed by atoms with Crippen LogP contribution in [0.5, 0.6) is 0 Å². The van der Waals surface area contributed by atoms with Crippen LogP contribution in [0.25, 0.3) is 0 Å². The number of hydrogen-bond acceptors (Lipinski definition) is 2. The van der Waals surface area contributed by atoms with Crippen molar-refractivity contribution in [1.82, 2.24) is 10.2 Å². The minimum Gasteiger partial charge on any atom is -0.353 e. The van der Waals surface area contributed by atoms with Crippen LogP contribution >= 0.6 is 11.6 Å². The minimum atomic E-state index is -0.0828. The minimum absolute atomic E-state index is 0.0139. The zero-order chi connectivity index (χ0) is 16.2. The second-order valence-electron chi connectivity index (χ2n) is 6.59. The summed E-state index contributed by atoms with van der Waals surface area (Å²) in [4.78, 5) is 26.8. The highest BCUT2D eigenvalue weighted by Gasteiger charge is 2.30. The molecule has 1 aliphatic heterocycles. The van der Waals surface area contributed by atoms with Crippen molar-refractivity contribution in [2.75, 3.05) is 13.1 Å². The molecule has 3 rings (SSSR count). The zero-order valence-electron chi connectivity index (χ0n) is 13.3. The molecule has 23 heavy (non-hydrogen) atoms. The van der Waals surface area contributed by atoms with Crippen LogP contribution in [0.4, 0.5) is 0 Å². The van der Waals surface area contributed by atoms with E-state index < -0.39 is 0 Å². The molecular formula is C18H23ClN2O2. The summed E-state index contributed by atoms with van der Waals surface area (Å²) in [5, 5.41) is 3.78. The Morgan fingerprint density at radius 1 is 1.04 bits per heavy atom. The monoisotopic (exact) mass is 334 g/mol. The highest BCUT2D eigenvalue weighted by molar-refractivity contribution is 6.30. The summed E-state index contributed by atoms with van der Waals surface area (Å²) in [7, 11) is 0. The number of nitrogens with one attached hydrogen (secondary N) is 1. The molecule has 4 nitrogen and oxygen atoms in total. The van der Waals surface area contributed by atoms with E-state index in [4.69, 9.17) is 11.6 Å². The summed E-state index contributed by atoms with van der Waals surface area (Å²) < 4.78 is 0. The number of rotatable bonds is 3. The molecule has 1 saturated carbocycles. The number of likely N-dealkylation sites (tertiary alicyclic amines) is 1. The van der Waals surface area contributed by atoms with E-state index in [2.05, 4.69) is 5.32 Å². The number of amides is 2. The van der Waals surface area contributed by atoms with E-state index in [1.54, 1.807) is 29.2 Å². The lowest BCUT2D eigenvalue weighted by atomic mass is 9.96. The van der Waals surface area contributed by atoms with Crippen LogP contribution in [0.15, 0.2) is 24.3 Å².